The number of anilines is 1. The quantitative estimate of drug-likeness (QED) is 0.735. The lowest BCUT2D eigenvalue weighted by atomic mass is 10.1. The Morgan fingerprint density at radius 2 is 1.75 bits per heavy atom. The molecule has 0 fully saturated rings. The highest BCUT2D eigenvalue weighted by Gasteiger charge is 2.03. The molecule has 0 bridgehead atoms. The number of nitrogens with zero attached hydrogens (tertiary/aromatic N) is 2. The largest absolute Gasteiger partial charge is 0.399 e. The molecule has 0 radical (unpaired) electrons. The molecule has 20 heavy (non-hydrogen) atoms. The van der Waals surface area contributed by atoms with E-state index in [9.17, 15) is 0 Å². The van der Waals surface area contributed by atoms with E-state index >= 15 is 0 Å². The first kappa shape index (κ1) is 12.5. The van der Waals surface area contributed by atoms with Crippen molar-refractivity contribution in [3.05, 3.63) is 72.1 Å². The monoisotopic (exact) mass is 263 g/mol. The maximum atomic E-state index is 5.71. The van der Waals surface area contributed by atoms with E-state index in [0.29, 0.717) is 0 Å². The van der Waals surface area contributed by atoms with E-state index in [-0.39, 0.29) is 0 Å². The van der Waals surface area contributed by atoms with Crippen LogP contribution in [0.25, 0.3) is 11.1 Å². The van der Waals surface area contributed by atoms with Gasteiger partial charge >= 0.3 is 0 Å². The molecule has 0 saturated carbocycles. The van der Waals surface area contributed by atoms with Gasteiger partial charge in [0.05, 0.1) is 12.7 Å². The molecule has 0 atom stereocenters. The molecule has 2 N–H and O–H groups in total. The molecular formula is C17H17N3. The molecule has 3 nitrogen and oxygen atoms in total. The summed E-state index contributed by atoms with van der Waals surface area (Å²) in [5.74, 6) is 0. The lowest BCUT2D eigenvalue weighted by Crippen LogP contribution is -2.01. The SMILES string of the molecule is Cc1ccccc1Cn1cc(-c2ccc(N)cc2)cn1. The highest BCUT2D eigenvalue weighted by atomic mass is 15.3. The summed E-state index contributed by atoms with van der Waals surface area (Å²) in [4.78, 5) is 0. The first-order valence-electron chi connectivity index (χ1n) is 6.65. The van der Waals surface area contributed by atoms with E-state index in [1.807, 2.05) is 35.1 Å². The fraction of sp³-hybridized carbons (Fsp3) is 0.118. The van der Waals surface area contributed by atoms with Gasteiger partial charge < -0.3 is 5.73 Å². The summed E-state index contributed by atoms with van der Waals surface area (Å²) >= 11 is 0. The summed E-state index contributed by atoms with van der Waals surface area (Å²) < 4.78 is 1.97. The summed E-state index contributed by atoms with van der Waals surface area (Å²) in [6, 6.07) is 16.2. The zero-order valence-electron chi connectivity index (χ0n) is 11.5. The van der Waals surface area contributed by atoms with Gasteiger partial charge in [-0.3, -0.25) is 4.68 Å². The number of nitrogens with two attached hydrogens (primary N) is 1. The number of nitrogen functional groups attached to an aromatic ring is 1. The molecule has 3 aromatic rings. The standard InChI is InChI=1S/C17H17N3/c1-13-4-2-3-5-15(13)11-20-12-16(10-19-20)14-6-8-17(18)9-7-14/h2-10,12H,11,18H2,1H3. The molecule has 100 valence electrons. The minimum absolute atomic E-state index is 0.779. The first-order valence-corrected chi connectivity index (χ1v) is 6.65. The van der Waals surface area contributed by atoms with Gasteiger partial charge in [-0.1, -0.05) is 36.4 Å². The van der Waals surface area contributed by atoms with Crippen molar-refractivity contribution in [1.29, 1.82) is 0 Å². The normalized spacial score (nSPS) is 10.7. The molecule has 0 aliphatic heterocycles. The number of hydrogen-bond acceptors (Lipinski definition) is 2. The van der Waals surface area contributed by atoms with E-state index < -0.39 is 0 Å². The second kappa shape index (κ2) is 5.21. The number of aromatic nitrogens is 2. The van der Waals surface area contributed by atoms with E-state index in [0.717, 1.165) is 23.4 Å². The summed E-state index contributed by atoms with van der Waals surface area (Å²) in [5, 5.41) is 4.44. The fourth-order valence-electron chi connectivity index (χ4n) is 2.24. The van der Waals surface area contributed by atoms with Crippen molar-refractivity contribution in [2.24, 2.45) is 0 Å². The van der Waals surface area contributed by atoms with Crippen LogP contribution in [0.1, 0.15) is 11.1 Å². The number of benzene rings is 2. The molecule has 0 spiro atoms. The van der Waals surface area contributed by atoms with Crippen LogP contribution in [0.2, 0.25) is 0 Å². The Balaban J connectivity index is 1.84. The van der Waals surface area contributed by atoms with Gasteiger partial charge in [0, 0.05) is 17.4 Å². The van der Waals surface area contributed by atoms with Crippen LogP contribution in [0.15, 0.2) is 60.9 Å². The van der Waals surface area contributed by atoms with Crippen LogP contribution in [-0.2, 0) is 6.54 Å². The smallest absolute Gasteiger partial charge is 0.0662 e. The molecule has 2 aromatic carbocycles. The Labute approximate surface area is 118 Å². The molecule has 0 amide bonds. The van der Waals surface area contributed by atoms with Crippen LogP contribution >= 0.6 is 0 Å². The molecule has 0 aliphatic carbocycles. The Morgan fingerprint density at radius 3 is 2.50 bits per heavy atom. The van der Waals surface area contributed by atoms with Crippen molar-refractivity contribution >= 4 is 5.69 Å². The lowest BCUT2D eigenvalue weighted by molar-refractivity contribution is 0.684. The van der Waals surface area contributed by atoms with Crippen molar-refractivity contribution in [1.82, 2.24) is 9.78 Å². The lowest BCUT2D eigenvalue weighted by Gasteiger charge is -2.05. The molecular weight excluding hydrogens is 246 g/mol. The zero-order chi connectivity index (χ0) is 13.9. The average molecular weight is 263 g/mol. The predicted octanol–water partition coefficient (Wildman–Crippen LogP) is 3.49. The predicted molar refractivity (Wildman–Crippen MR) is 82.4 cm³/mol. The van der Waals surface area contributed by atoms with Crippen LogP contribution in [0.3, 0.4) is 0 Å². The van der Waals surface area contributed by atoms with E-state index in [4.69, 9.17) is 5.73 Å². The summed E-state index contributed by atoms with van der Waals surface area (Å²) in [7, 11) is 0. The summed E-state index contributed by atoms with van der Waals surface area (Å²) in [5.41, 5.74) is 11.3. The topological polar surface area (TPSA) is 43.8 Å². The average Bonchev–Trinajstić information content (AvgIpc) is 2.91. The van der Waals surface area contributed by atoms with Gasteiger partial charge in [0.15, 0.2) is 0 Å². The second-order valence-corrected chi connectivity index (χ2v) is 4.98. The number of rotatable bonds is 3. The maximum absolute atomic E-state index is 5.71. The molecule has 0 aliphatic rings. The minimum atomic E-state index is 0.779. The van der Waals surface area contributed by atoms with Gasteiger partial charge in [-0.2, -0.15) is 5.10 Å². The highest BCUT2D eigenvalue weighted by Crippen LogP contribution is 2.20. The molecule has 3 rings (SSSR count). The van der Waals surface area contributed by atoms with Crippen LogP contribution in [0.5, 0.6) is 0 Å². The van der Waals surface area contributed by atoms with E-state index in [1.54, 1.807) is 0 Å². The third kappa shape index (κ3) is 2.57. The van der Waals surface area contributed by atoms with Crippen molar-refractivity contribution in [3.63, 3.8) is 0 Å². The van der Waals surface area contributed by atoms with Gasteiger partial charge in [0.25, 0.3) is 0 Å². The Morgan fingerprint density at radius 1 is 1.00 bits per heavy atom. The van der Waals surface area contributed by atoms with Crippen LogP contribution < -0.4 is 5.73 Å². The third-order valence-electron chi connectivity index (χ3n) is 3.47. The molecule has 1 aromatic heterocycles. The van der Waals surface area contributed by atoms with Gasteiger partial charge in [-0.05, 0) is 35.7 Å². The van der Waals surface area contributed by atoms with Crippen LogP contribution in [0, 0.1) is 6.92 Å². The minimum Gasteiger partial charge on any atom is -0.399 e. The Hall–Kier alpha value is -2.55. The second-order valence-electron chi connectivity index (χ2n) is 4.98. The molecule has 1 heterocycles. The fourth-order valence-corrected chi connectivity index (χ4v) is 2.24. The van der Waals surface area contributed by atoms with Crippen LogP contribution in [-0.4, -0.2) is 9.78 Å². The number of hydrogen-bond donors (Lipinski definition) is 1. The van der Waals surface area contributed by atoms with E-state index in [1.165, 1.54) is 11.1 Å². The molecule has 3 heteroatoms. The molecule has 0 unspecified atom stereocenters. The molecule has 0 saturated heterocycles. The maximum Gasteiger partial charge on any atom is 0.0662 e. The third-order valence-corrected chi connectivity index (χ3v) is 3.47. The van der Waals surface area contributed by atoms with Crippen molar-refractivity contribution < 1.29 is 0 Å². The van der Waals surface area contributed by atoms with Gasteiger partial charge in [-0.25, -0.2) is 0 Å². The Bertz CT molecular complexity index is 711. The van der Waals surface area contributed by atoms with Gasteiger partial charge in [-0.15, -0.1) is 0 Å². The zero-order valence-corrected chi connectivity index (χ0v) is 11.5. The van der Waals surface area contributed by atoms with Crippen molar-refractivity contribution in [3.8, 4) is 11.1 Å². The Kier molecular flexibility index (Phi) is 3.25. The summed E-state index contributed by atoms with van der Waals surface area (Å²) in [6.45, 7) is 2.92. The highest BCUT2D eigenvalue weighted by molar-refractivity contribution is 5.64. The first-order chi connectivity index (χ1) is 9.72. The summed E-state index contributed by atoms with van der Waals surface area (Å²) in [6.07, 6.45) is 3.96. The van der Waals surface area contributed by atoms with Gasteiger partial charge in [0.1, 0.15) is 0 Å². The van der Waals surface area contributed by atoms with Crippen LogP contribution in [0.4, 0.5) is 5.69 Å². The van der Waals surface area contributed by atoms with Gasteiger partial charge in [0.2, 0.25) is 0 Å². The van der Waals surface area contributed by atoms with Crippen molar-refractivity contribution in [2.75, 3.05) is 5.73 Å². The van der Waals surface area contributed by atoms with E-state index in [2.05, 4.69) is 42.5 Å². The van der Waals surface area contributed by atoms with Crippen molar-refractivity contribution in [2.45, 2.75) is 13.5 Å². The number of aryl methyl sites for hydroxylation is 1.